The Balaban J connectivity index is 1.94. The molecule has 19 heavy (non-hydrogen) atoms. The number of rotatable bonds is 6. The minimum atomic E-state index is 0.264. The van der Waals surface area contributed by atoms with Gasteiger partial charge in [0.2, 0.25) is 0 Å². The van der Waals surface area contributed by atoms with Crippen molar-refractivity contribution in [3.8, 4) is 0 Å². The lowest BCUT2D eigenvalue weighted by Gasteiger charge is -2.39. The molecule has 0 bridgehead atoms. The number of thiazole rings is 1. The number of nitrogens with zero attached hydrogens (tertiary/aromatic N) is 2. The maximum atomic E-state index is 5.72. The summed E-state index contributed by atoms with van der Waals surface area (Å²) < 4.78 is 5.72. The maximum absolute atomic E-state index is 5.72. The van der Waals surface area contributed by atoms with Crippen molar-refractivity contribution < 1.29 is 4.74 Å². The second-order valence-electron chi connectivity index (χ2n) is 5.72. The van der Waals surface area contributed by atoms with E-state index in [9.17, 15) is 0 Å². The van der Waals surface area contributed by atoms with Gasteiger partial charge in [-0.3, -0.25) is 0 Å². The van der Waals surface area contributed by atoms with Crippen LogP contribution in [0, 0.1) is 12.3 Å². The van der Waals surface area contributed by atoms with Crippen LogP contribution in [0.25, 0.3) is 0 Å². The van der Waals surface area contributed by atoms with Crippen LogP contribution in [0.15, 0.2) is 5.51 Å². The summed E-state index contributed by atoms with van der Waals surface area (Å²) in [5.41, 5.74) is 3.37. The molecule has 0 amide bonds. The lowest BCUT2D eigenvalue weighted by molar-refractivity contribution is -0.0227. The minimum Gasteiger partial charge on any atom is -0.381 e. The van der Waals surface area contributed by atoms with Crippen molar-refractivity contribution in [1.82, 2.24) is 15.2 Å². The van der Waals surface area contributed by atoms with E-state index >= 15 is 0 Å². The number of hydrogen-bond donors (Lipinski definition) is 1. The highest BCUT2D eigenvalue weighted by Crippen LogP contribution is 2.29. The standard InChI is InChI=1S/C14H25N3OS/c1-12-13(19-11-16-12)7-17(3)9-14(8-15-2)5-4-6-18-10-14/h11,15H,4-10H2,1-3H3. The summed E-state index contributed by atoms with van der Waals surface area (Å²) in [5.74, 6) is 0. The molecule has 0 radical (unpaired) electrons. The van der Waals surface area contributed by atoms with Crippen molar-refractivity contribution in [2.75, 3.05) is 40.4 Å². The van der Waals surface area contributed by atoms with Gasteiger partial charge in [-0.05, 0) is 33.9 Å². The molecule has 0 aromatic carbocycles. The van der Waals surface area contributed by atoms with E-state index in [4.69, 9.17) is 4.74 Å². The van der Waals surface area contributed by atoms with Gasteiger partial charge in [-0.15, -0.1) is 11.3 Å². The summed E-state index contributed by atoms with van der Waals surface area (Å²) >= 11 is 1.75. The fourth-order valence-electron chi connectivity index (χ4n) is 2.96. The van der Waals surface area contributed by atoms with Crippen LogP contribution in [0.2, 0.25) is 0 Å². The lowest BCUT2D eigenvalue weighted by Crippen LogP contribution is -2.47. The lowest BCUT2D eigenvalue weighted by atomic mass is 9.82. The number of aromatic nitrogens is 1. The van der Waals surface area contributed by atoms with Gasteiger partial charge in [-0.1, -0.05) is 0 Å². The van der Waals surface area contributed by atoms with Gasteiger partial charge in [-0.2, -0.15) is 0 Å². The Kier molecular flexibility index (Phi) is 5.33. The molecule has 1 saturated heterocycles. The van der Waals surface area contributed by atoms with Crippen molar-refractivity contribution in [1.29, 1.82) is 0 Å². The highest BCUT2D eigenvalue weighted by atomic mass is 32.1. The molecule has 108 valence electrons. The molecule has 1 aliphatic rings. The first-order valence-electron chi connectivity index (χ1n) is 6.95. The molecular weight excluding hydrogens is 258 g/mol. The van der Waals surface area contributed by atoms with Gasteiger partial charge < -0.3 is 15.0 Å². The van der Waals surface area contributed by atoms with Crippen molar-refractivity contribution in [3.05, 3.63) is 16.1 Å². The second kappa shape index (κ2) is 6.79. The minimum absolute atomic E-state index is 0.264. The summed E-state index contributed by atoms with van der Waals surface area (Å²) in [6.07, 6.45) is 2.43. The third-order valence-corrected chi connectivity index (χ3v) is 4.74. The number of aryl methyl sites for hydroxylation is 1. The van der Waals surface area contributed by atoms with Crippen molar-refractivity contribution >= 4 is 11.3 Å². The molecule has 0 aliphatic carbocycles. The average Bonchev–Trinajstić information content (AvgIpc) is 2.76. The van der Waals surface area contributed by atoms with Crippen molar-refractivity contribution in [3.63, 3.8) is 0 Å². The average molecular weight is 283 g/mol. The van der Waals surface area contributed by atoms with Gasteiger partial charge in [0.1, 0.15) is 0 Å². The quantitative estimate of drug-likeness (QED) is 0.865. The predicted molar refractivity (Wildman–Crippen MR) is 79.6 cm³/mol. The maximum Gasteiger partial charge on any atom is 0.0798 e. The third kappa shape index (κ3) is 3.99. The summed E-state index contributed by atoms with van der Waals surface area (Å²) in [6, 6.07) is 0. The molecule has 1 aromatic heterocycles. The monoisotopic (exact) mass is 283 g/mol. The number of hydrogen-bond acceptors (Lipinski definition) is 5. The Labute approximate surface area is 120 Å². The van der Waals surface area contributed by atoms with Crippen LogP contribution in [0.1, 0.15) is 23.4 Å². The van der Waals surface area contributed by atoms with Crippen LogP contribution in [0.3, 0.4) is 0 Å². The van der Waals surface area contributed by atoms with Gasteiger partial charge >= 0.3 is 0 Å². The molecule has 1 unspecified atom stereocenters. The zero-order valence-electron chi connectivity index (χ0n) is 12.2. The van der Waals surface area contributed by atoms with Crippen LogP contribution in [-0.2, 0) is 11.3 Å². The molecule has 0 saturated carbocycles. The fourth-order valence-corrected chi connectivity index (χ4v) is 3.81. The Morgan fingerprint density at radius 2 is 2.42 bits per heavy atom. The number of nitrogens with one attached hydrogen (secondary N) is 1. The van der Waals surface area contributed by atoms with E-state index in [1.54, 1.807) is 11.3 Å². The molecule has 1 atom stereocenters. The highest BCUT2D eigenvalue weighted by molar-refractivity contribution is 7.09. The zero-order chi connectivity index (χ0) is 13.7. The largest absolute Gasteiger partial charge is 0.381 e. The van der Waals surface area contributed by atoms with Gasteiger partial charge in [0, 0.05) is 36.5 Å². The van der Waals surface area contributed by atoms with E-state index in [1.165, 1.54) is 23.4 Å². The summed E-state index contributed by atoms with van der Waals surface area (Å²) in [6.45, 7) is 6.97. The normalized spacial score (nSPS) is 24.0. The molecule has 2 heterocycles. The third-order valence-electron chi connectivity index (χ3n) is 3.82. The van der Waals surface area contributed by atoms with Crippen LogP contribution < -0.4 is 5.32 Å². The molecule has 5 heteroatoms. The van der Waals surface area contributed by atoms with Crippen LogP contribution in [0.4, 0.5) is 0 Å². The molecule has 4 nitrogen and oxygen atoms in total. The first kappa shape index (κ1) is 14.9. The predicted octanol–water partition coefficient (Wildman–Crippen LogP) is 1.90. The van der Waals surface area contributed by atoms with Crippen molar-refractivity contribution in [2.45, 2.75) is 26.3 Å². The first-order chi connectivity index (χ1) is 9.15. The topological polar surface area (TPSA) is 37.4 Å². The molecule has 2 rings (SSSR count). The van der Waals surface area contributed by atoms with Gasteiger partial charge in [-0.25, -0.2) is 4.98 Å². The van der Waals surface area contributed by atoms with Gasteiger partial charge in [0.25, 0.3) is 0 Å². The Morgan fingerprint density at radius 3 is 3.00 bits per heavy atom. The summed E-state index contributed by atoms with van der Waals surface area (Å²) in [4.78, 5) is 8.11. The number of ether oxygens (including phenoxy) is 1. The molecular formula is C14H25N3OS. The Bertz CT molecular complexity index is 382. The summed E-state index contributed by atoms with van der Waals surface area (Å²) in [5, 5.41) is 3.34. The van der Waals surface area contributed by atoms with E-state index in [2.05, 4.69) is 29.2 Å². The summed E-state index contributed by atoms with van der Waals surface area (Å²) in [7, 11) is 4.23. The van der Waals surface area contributed by atoms with E-state index in [1.807, 2.05) is 12.6 Å². The van der Waals surface area contributed by atoms with E-state index in [0.717, 1.165) is 32.8 Å². The van der Waals surface area contributed by atoms with Gasteiger partial charge in [0.05, 0.1) is 17.8 Å². The van der Waals surface area contributed by atoms with E-state index in [0.29, 0.717) is 0 Å². The van der Waals surface area contributed by atoms with Crippen LogP contribution in [-0.4, -0.2) is 50.3 Å². The fraction of sp³-hybridized carbons (Fsp3) is 0.786. The van der Waals surface area contributed by atoms with Gasteiger partial charge in [0.15, 0.2) is 0 Å². The van der Waals surface area contributed by atoms with E-state index < -0.39 is 0 Å². The Hall–Kier alpha value is -0.490. The molecule has 1 N–H and O–H groups in total. The van der Waals surface area contributed by atoms with Crippen LogP contribution >= 0.6 is 11.3 Å². The molecule has 1 fully saturated rings. The zero-order valence-corrected chi connectivity index (χ0v) is 13.1. The van der Waals surface area contributed by atoms with Crippen molar-refractivity contribution in [2.24, 2.45) is 5.41 Å². The molecule has 1 aromatic rings. The van der Waals surface area contributed by atoms with E-state index in [-0.39, 0.29) is 5.41 Å². The Morgan fingerprint density at radius 1 is 1.58 bits per heavy atom. The SMILES string of the molecule is CNCC1(CN(C)Cc2scnc2C)CCCOC1. The second-order valence-corrected chi connectivity index (χ2v) is 6.66. The first-order valence-corrected chi connectivity index (χ1v) is 7.83. The smallest absolute Gasteiger partial charge is 0.0798 e. The molecule has 1 aliphatic heterocycles. The molecule has 0 spiro atoms. The highest BCUT2D eigenvalue weighted by Gasteiger charge is 2.33. The van der Waals surface area contributed by atoms with Crippen LogP contribution in [0.5, 0.6) is 0 Å².